The van der Waals surface area contributed by atoms with E-state index in [-0.39, 0.29) is 17.9 Å². The summed E-state index contributed by atoms with van der Waals surface area (Å²) in [6.45, 7) is 4.67. The molecule has 1 aliphatic heterocycles. The zero-order valence-electron chi connectivity index (χ0n) is 14.5. The molecule has 3 rings (SSSR count). The van der Waals surface area contributed by atoms with Crippen LogP contribution in [0.15, 0.2) is 18.2 Å². The number of aryl methyl sites for hydroxylation is 1. The summed E-state index contributed by atoms with van der Waals surface area (Å²) < 4.78 is 0. The Morgan fingerprint density at radius 1 is 1.32 bits per heavy atom. The molecule has 25 heavy (non-hydrogen) atoms. The van der Waals surface area contributed by atoms with Crippen molar-refractivity contribution in [2.75, 3.05) is 11.9 Å². The van der Waals surface area contributed by atoms with Gasteiger partial charge in [0.05, 0.1) is 0 Å². The van der Waals surface area contributed by atoms with Crippen molar-refractivity contribution in [1.82, 2.24) is 4.90 Å². The Kier molecular flexibility index (Phi) is 4.74. The van der Waals surface area contributed by atoms with Gasteiger partial charge in [-0.2, -0.15) is 0 Å². The Balaban J connectivity index is 1.67. The Hall–Kier alpha value is -2.44. The maximum Gasteiger partial charge on any atom is 0.254 e. The second-order valence-electron chi connectivity index (χ2n) is 7.06. The lowest BCUT2D eigenvalue weighted by Gasteiger charge is -2.33. The van der Waals surface area contributed by atoms with Crippen LogP contribution >= 0.6 is 0 Å². The molecule has 7 heteroatoms. The van der Waals surface area contributed by atoms with Crippen LogP contribution in [0.5, 0.6) is 0 Å². The van der Waals surface area contributed by atoms with Gasteiger partial charge in [-0.1, -0.05) is 0 Å². The first kappa shape index (κ1) is 17.4. The van der Waals surface area contributed by atoms with E-state index in [4.69, 9.17) is 0 Å². The van der Waals surface area contributed by atoms with Crippen LogP contribution in [0.4, 0.5) is 5.69 Å². The van der Waals surface area contributed by atoms with Crippen LogP contribution in [-0.4, -0.2) is 40.3 Å². The van der Waals surface area contributed by atoms with Crippen molar-refractivity contribution in [3.05, 3.63) is 39.4 Å². The summed E-state index contributed by atoms with van der Waals surface area (Å²) in [6.07, 6.45) is 3.50. The van der Waals surface area contributed by atoms with E-state index in [2.05, 4.69) is 12.2 Å². The highest BCUT2D eigenvalue weighted by Gasteiger charge is 2.53. The molecule has 1 saturated carbocycles. The van der Waals surface area contributed by atoms with Gasteiger partial charge in [-0.05, 0) is 56.9 Å². The SMILES string of the molecule is Cc1cc(C(=O)N2CCCC[C@@H]2C)ccc1NC(=O)[C@@H]1C[C@@H]1[N+](=O)[O-]. The third-order valence-corrected chi connectivity index (χ3v) is 5.16. The highest BCUT2D eigenvalue weighted by molar-refractivity contribution is 5.98. The van der Waals surface area contributed by atoms with E-state index in [1.54, 1.807) is 18.2 Å². The molecule has 0 unspecified atom stereocenters. The lowest BCUT2D eigenvalue weighted by atomic mass is 10.0. The predicted octanol–water partition coefficient (Wildman–Crippen LogP) is 2.61. The Morgan fingerprint density at radius 2 is 2.08 bits per heavy atom. The van der Waals surface area contributed by atoms with Crippen LogP contribution in [0.2, 0.25) is 0 Å². The monoisotopic (exact) mass is 345 g/mol. The van der Waals surface area contributed by atoms with Crippen molar-refractivity contribution in [1.29, 1.82) is 0 Å². The molecular formula is C18H23N3O4. The molecule has 0 aromatic heterocycles. The molecule has 1 aromatic carbocycles. The van der Waals surface area contributed by atoms with Crippen LogP contribution in [0.1, 0.15) is 48.5 Å². The molecule has 2 aliphatic rings. The van der Waals surface area contributed by atoms with Crippen molar-refractivity contribution in [2.24, 2.45) is 5.92 Å². The number of carbonyl (C=O) groups is 2. The Morgan fingerprint density at radius 3 is 2.68 bits per heavy atom. The van der Waals surface area contributed by atoms with E-state index < -0.39 is 16.9 Å². The lowest BCUT2D eigenvalue weighted by Crippen LogP contribution is -2.42. The van der Waals surface area contributed by atoms with Crippen molar-refractivity contribution >= 4 is 17.5 Å². The molecule has 7 nitrogen and oxygen atoms in total. The number of anilines is 1. The number of benzene rings is 1. The summed E-state index contributed by atoms with van der Waals surface area (Å²) in [7, 11) is 0. The van der Waals surface area contributed by atoms with Crippen LogP contribution < -0.4 is 5.32 Å². The maximum absolute atomic E-state index is 12.7. The number of likely N-dealkylation sites (tertiary alicyclic amines) is 1. The molecule has 1 N–H and O–H groups in total. The van der Waals surface area contributed by atoms with Gasteiger partial charge in [-0.25, -0.2) is 0 Å². The van der Waals surface area contributed by atoms with Crippen molar-refractivity contribution in [3.63, 3.8) is 0 Å². The molecule has 3 atom stereocenters. The zero-order chi connectivity index (χ0) is 18.1. The van der Waals surface area contributed by atoms with E-state index >= 15 is 0 Å². The summed E-state index contributed by atoms with van der Waals surface area (Å²) in [4.78, 5) is 36.9. The lowest BCUT2D eigenvalue weighted by molar-refractivity contribution is -0.497. The normalized spacial score (nSPS) is 25.4. The van der Waals surface area contributed by atoms with Gasteiger partial charge in [-0.3, -0.25) is 19.7 Å². The van der Waals surface area contributed by atoms with Gasteiger partial charge in [0, 0.05) is 35.2 Å². The van der Waals surface area contributed by atoms with Crippen LogP contribution in [0, 0.1) is 23.0 Å². The fraction of sp³-hybridized carbons (Fsp3) is 0.556. The molecule has 2 amide bonds. The molecule has 134 valence electrons. The molecule has 2 fully saturated rings. The molecule has 0 radical (unpaired) electrons. The number of rotatable bonds is 4. The fourth-order valence-electron chi connectivity index (χ4n) is 3.42. The molecule has 1 aromatic rings. The second kappa shape index (κ2) is 6.82. The number of piperidine rings is 1. The van der Waals surface area contributed by atoms with Gasteiger partial charge in [0.15, 0.2) is 0 Å². The van der Waals surface area contributed by atoms with Crippen LogP contribution in [-0.2, 0) is 4.79 Å². The number of hydrogen-bond donors (Lipinski definition) is 1. The molecule has 1 aliphatic carbocycles. The molecular weight excluding hydrogens is 322 g/mol. The van der Waals surface area contributed by atoms with Crippen molar-refractivity contribution in [3.8, 4) is 0 Å². The summed E-state index contributed by atoms with van der Waals surface area (Å²) in [5.41, 5.74) is 1.99. The summed E-state index contributed by atoms with van der Waals surface area (Å²) >= 11 is 0. The van der Waals surface area contributed by atoms with Gasteiger partial charge >= 0.3 is 0 Å². The Bertz CT molecular complexity index is 718. The largest absolute Gasteiger partial charge is 0.336 e. The van der Waals surface area contributed by atoms with Crippen LogP contribution in [0.3, 0.4) is 0 Å². The van der Waals surface area contributed by atoms with Gasteiger partial charge < -0.3 is 10.2 Å². The first-order valence-corrected chi connectivity index (χ1v) is 8.74. The number of nitro groups is 1. The number of nitrogens with one attached hydrogen (secondary N) is 1. The third kappa shape index (κ3) is 3.65. The minimum Gasteiger partial charge on any atom is -0.336 e. The first-order chi connectivity index (χ1) is 11.9. The van der Waals surface area contributed by atoms with Gasteiger partial charge in [-0.15, -0.1) is 0 Å². The highest BCUT2D eigenvalue weighted by atomic mass is 16.6. The maximum atomic E-state index is 12.7. The van der Waals surface area contributed by atoms with Crippen LogP contribution in [0.25, 0.3) is 0 Å². The van der Waals surface area contributed by atoms with Gasteiger partial charge in [0.2, 0.25) is 11.9 Å². The van der Waals surface area contributed by atoms with Gasteiger partial charge in [0.25, 0.3) is 5.91 Å². The number of hydrogen-bond acceptors (Lipinski definition) is 4. The summed E-state index contributed by atoms with van der Waals surface area (Å²) in [5.74, 6) is -0.859. The highest BCUT2D eigenvalue weighted by Crippen LogP contribution is 2.34. The summed E-state index contributed by atoms with van der Waals surface area (Å²) in [5, 5.41) is 13.4. The number of nitrogens with zero attached hydrogens (tertiary/aromatic N) is 2. The average molecular weight is 345 g/mol. The fourth-order valence-corrected chi connectivity index (χ4v) is 3.42. The van der Waals surface area contributed by atoms with Crippen molar-refractivity contribution in [2.45, 2.75) is 51.6 Å². The molecule has 1 saturated heterocycles. The molecule has 0 spiro atoms. The Labute approximate surface area is 146 Å². The third-order valence-electron chi connectivity index (χ3n) is 5.16. The van der Waals surface area contributed by atoms with E-state index in [9.17, 15) is 19.7 Å². The standard InChI is InChI=1S/C18H23N3O4/c1-11-9-13(18(23)20-8-4-3-5-12(20)2)6-7-15(11)19-17(22)14-10-16(14)21(24)25/h6-7,9,12,14,16H,3-5,8,10H2,1-2H3,(H,19,22)/t12-,14+,16-/m0/s1. The predicted molar refractivity (Wildman–Crippen MR) is 93.0 cm³/mol. The quantitative estimate of drug-likeness (QED) is 0.670. The minimum absolute atomic E-state index is 0.0174. The molecule has 1 heterocycles. The van der Waals surface area contributed by atoms with E-state index in [0.29, 0.717) is 17.7 Å². The smallest absolute Gasteiger partial charge is 0.254 e. The summed E-state index contributed by atoms with van der Waals surface area (Å²) in [6, 6.07) is 4.68. The number of amides is 2. The first-order valence-electron chi connectivity index (χ1n) is 8.74. The second-order valence-corrected chi connectivity index (χ2v) is 7.06. The van der Waals surface area contributed by atoms with Crippen molar-refractivity contribution < 1.29 is 14.5 Å². The topological polar surface area (TPSA) is 92.6 Å². The number of carbonyl (C=O) groups excluding carboxylic acids is 2. The minimum atomic E-state index is -0.762. The van der Waals surface area contributed by atoms with E-state index in [1.165, 1.54) is 0 Å². The van der Waals surface area contributed by atoms with Gasteiger partial charge in [0.1, 0.15) is 5.92 Å². The molecule has 0 bridgehead atoms. The van der Waals surface area contributed by atoms with E-state index in [0.717, 1.165) is 31.4 Å². The zero-order valence-corrected chi connectivity index (χ0v) is 14.5. The average Bonchev–Trinajstić information content (AvgIpc) is 3.37. The van der Waals surface area contributed by atoms with E-state index in [1.807, 2.05) is 11.8 Å².